The second kappa shape index (κ2) is 4.44. The fourth-order valence-electron chi connectivity index (χ4n) is 1.91. The van der Waals surface area contributed by atoms with Gasteiger partial charge in [0, 0.05) is 18.1 Å². The van der Waals surface area contributed by atoms with Crippen LogP contribution < -0.4 is 11.1 Å². The Morgan fingerprint density at radius 1 is 1.50 bits per heavy atom. The third-order valence-electron chi connectivity index (χ3n) is 2.99. The number of hydrogen-bond acceptors (Lipinski definition) is 2. The minimum atomic E-state index is -0.347. The molecule has 1 amide bonds. The van der Waals surface area contributed by atoms with Crippen LogP contribution in [0.25, 0.3) is 0 Å². The maximum absolute atomic E-state index is 12.0. The molecule has 2 rings (SSSR count). The molecule has 1 aliphatic carbocycles. The molecule has 0 bridgehead atoms. The Kier molecular flexibility index (Phi) is 3.17. The van der Waals surface area contributed by atoms with Crippen LogP contribution in [0.4, 0.5) is 0 Å². The number of carbonyl (C=O) groups is 1. The minimum absolute atomic E-state index is 0.0696. The van der Waals surface area contributed by atoms with Gasteiger partial charge in [-0.3, -0.25) is 4.79 Å². The number of rotatable bonds is 4. The van der Waals surface area contributed by atoms with Gasteiger partial charge >= 0.3 is 0 Å². The first-order valence-electron chi connectivity index (χ1n) is 5.43. The molecule has 3 nitrogen and oxygen atoms in total. The first kappa shape index (κ1) is 11.4. The molecule has 1 saturated carbocycles. The van der Waals surface area contributed by atoms with Crippen molar-refractivity contribution in [2.24, 2.45) is 5.73 Å². The average molecular weight is 239 g/mol. The molecule has 1 aliphatic rings. The number of carbonyl (C=O) groups excluding carboxylic acids is 1. The molecule has 0 atom stereocenters. The van der Waals surface area contributed by atoms with E-state index in [1.54, 1.807) is 0 Å². The van der Waals surface area contributed by atoms with Gasteiger partial charge in [0.05, 0.1) is 5.41 Å². The summed E-state index contributed by atoms with van der Waals surface area (Å²) in [5, 5.41) is 3.52. The molecule has 4 heteroatoms. The van der Waals surface area contributed by atoms with Gasteiger partial charge in [0.2, 0.25) is 5.91 Å². The van der Waals surface area contributed by atoms with E-state index >= 15 is 0 Å². The molecule has 1 aromatic rings. The maximum Gasteiger partial charge on any atom is 0.230 e. The van der Waals surface area contributed by atoms with Gasteiger partial charge in [0.15, 0.2) is 0 Å². The van der Waals surface area contributed by atoms with E-state index in [1.165, 1.54) is 0 Å². The number of amides is 1. The highest BCUT2D eigenvalue weighted by Crippen LogP contribution is 2.48. The third-order valence-corrected chi connectivity index (χ3v) is 3.23. The fraction of sp³-hybridized carbons (Fsp3) is 0.417. The van der Waals surface area contributed by atoms with Crippen molar-refractivity contribution >= 4 is 17.5 Å². The van der Waals surface area contributed by atoms with E-state index < -0.39 is 0 Å². The molecule has 0 unspecified atom stereocenters. The summed E-state index contributed by atoms with van der Waals surface area (Å²) in [7, 11) is 0. The molecule has 0 spiro atoms. The second-order valence-electron chi connectivity index (χ2n) is 4.14. The van der Waals surface area contributed by atoms with Crippen LogP contribution in [0, 0.1) is 0 Å². The molecule has 86 valence electrons. The lowest BCUT2D eigenvalue weighted by molar-refractivity contribution is -0.123. The third kappa shape index (κ3) is 2.06. The Hall–Kier alpha value is -1.06. The van der Waals surface area contributed by atoms with Gasteiger partial charge in [-0.05, 0) is 30.5 Å². The number of hydrogen-bond donors (Lipinski definition) is 2. The summed E-state index contributed by atoms with van der Waals surface area (Å²) in [6.45, 7) is 0.999. The highest BCUT2D eigenvalue weighted by molar-refractivity contribution is 6.30. The molecule has 3 N–H and O–H groups in total. The van der Waals surface area contributed by atoms with Gasteiger partial charge in [-0.1, -0.05) is 23.7 Å². The molecular weight excluding hydrogens is 224 g/mol. The summed E-state index contributed by atoms with van der Waals surface area (Å²) in [4.78, 5) is 12.0. The maximum atomic E-state index is 12.0. The van der Waals surface area contributed by atoms with Crippen molar-refractivity contribution in [2.45, 2.75) is 18.3 Å². The molecule has 0 aromatic heterocycles. The van der Waals surface area contributed by atoms with Gasteiger partial charge < -0.3 is 11.1 Å². The quantitative estimate of drug-likeness (QED) is 0.834. The Labute approximate surface area is 100.0 Å². The smallest absolute Gasteiger partial charge is 0.230 e. The van der Waals surface area contributed by atoms with Gasteiger partial charge in [-0.15, -0.1) is 0 Å². The molecule has 0 saturated heterocycles. The van der Waals surface area contributed by atoms with E-state index in [-0.39, 0.29) is 11.3 Å². The predicted octanol–water partition coefficient (Wildman–Crippen LogP) is 1.45. The van der Waals surface area contributed by atoms with E-state index in [4.69, 9.17) is 17.3 Å². The molecule has 16 heavy (non-hydrogen) atoms. The van der Waals surface area contributed by atoms with Crippen LogP contribution in [0.2, 0.25) is 5.02 Å². The van der Waals surface area contributed by atoms with E-state index in [9.17, 15) is 4.79 Å². The second-order valence-corrected chi connectivity index (χ2v) is 4.57. The van der Waals surface area contributed by atoms with Crippen LogP contribution in [0.1, 0.15) is 18.4 Å². The lowest BCUT2D eigenvalue weighted by Gasteiger charge is -2.15. The SMILES string of the molecule is NCCNC(=O)C1(c2cccc(Cl)c2)CC1. The number of nitrogens with one attached hydrogen (secondary N) is 1. The number of halogens is 1. The van der Waals surface area contributed by atoms with Crippen LogP contribution in [-0.2, 0) is 10.2 Å². The van der Waals surface area contributed by atoms with Crippen molar-refractivity contribution in [1.82, 2.24) is 5.32 Å². The summed E-state index contributed by atoms with van der Waals surface area (Å²) in [6, 6.07) is 7.53. The van der Waals surface area contributed by atoms with Crippen LogP contribution in [0.3, 0.4) is 0 Å². The molecule has 0 radical (unpaired) electrons. The average Bonchev–Trinajstić information content (AvgIpc) is 3.07. The minimum Gasteiger partial charge on any atom is -0.354 e. The van der Waals surface area contributed by atoms with Crippen molar-refractivity contribution in [3.63, 3.8) is 0 Å². The summed E-state index contributed by atoms with van der Waals surface area (Å²) in [5.41, 5.74) is 6.03. The molecule has 0 aliphatic heterocycles. The van der Waals surface area contributed by atoms with Crippen molar-refractivity contribution < 1.29 is 4.79 Å². The number of benzene rings is 1. The van der Waals surface area contributed by atoms with E-state index in [1.807, 2.05) is 24.3 Å². The van der Waals surface area contributed by atoms with Crippen LogP contribution in [-0.4, -0.2) is 19.0 Å². The summed E-state index contributed by atoms with van der Waals surface area (Å²) < 4.78 is 0. The molecule has 1 aromatic carbocycles. The van der Waals surface area contributed by atoms with Gasteiger partial charge in [0.1, 0.15) is 0 Å². The lowest BCUT2D eigenvalue weighted by atomic mass is 9.95. The zero-order valence-electron chi connectivity index (χ0n) is 9.00. The summed E-state index contributed by atoms with van der Waals surface area (Å²) >= 11 is 5.94. The normalized spacial score (nSPS) is 16.9. The van der Waals surface area contributed by atoms with E-state index in [2.05, 4.69) is 5.32 Å². The Morgan fingerprint density at radius 3 is 2.81 bits per heavy atom. The predicted molar refractivity (Wildman–Crippen MR) is 64.4 cm³/mol. The standard InChI is InChI=1S/C12H15ClN2O/c13-10-3-1-2-9(8-10)12(4-5-12)11(16)15-7-6-14/h1-3,8H,4-7,14H2,(H,15,16). The highest BCUT2D eigenvalue weighted by atomic mass is 35.5. The van der Waals surface area contributed by atoms with Crippen LogP contribution in [0.15, 0.2) is 24.3 Å². The largest absolute Gasteiger partial charge is 0.354 e. The van der Waals surface area contributed by atoms with Gasteiger partial charge in [-0.25, -0.2) is 0 Å². The Balaban J connectivity index is 2.16. The van der Waals surface area contributed by atoms with Crippen LogP contribution >= 0.6 is 11.6 Å². The Morgan fingerprint density at radius 2 is 2.25 bits per heavy atom. The van der Waals surface area contributed by atoms with Crippen molar-refractivity contribution in [2.75, 3.05) is 13.1 Å². The lowest BCUT2D eigenvalue weighted by Crippen LogP contribution is -2.37. The summed E-state index contributed by atoms with van der Waals surface area (Å²) in [5.74, 6) is 0.0696. The Bertz CT molecular complexity index is 402. The van der Waals surface area contributed by atoms with Gasteiger partial charge in [-0.2, -0.15) is 0 Å². The molecule has 0 heterocycles. The van der Waals surface area contributed by atoms with Crippen molar-refractivity contribution in [1.29, 1.82) is 0 Å². The monoisotopic (exact) mass is 238 g/mol. The molecule has 1 fully saturated rings. The van der Waals surface area contributed by atoms with Gasteiger partial charge in [0.25, 0.3) is 0 Å². The van der Waals surface area contributed by atoms with Crippen molar-refractivity contribution in [3.8, 4) is 0 Å². The first-order chi connectivity index (χ1) is 7.69. The van der Waals surface area contributed by atoms with E-state index in [0.29, 0.717) is 18.1 Å². The summed E-state index contributed by atoms with van der Waals surface area (Å²) in [6.07, 6.45) is 1.79. The first-order valence-corrected chi connectivity index (χ1v) is 5.81. The van der Waals surface area contributed by atoms with Crippen molar-refractivity contribution in [3.05, 3.63) is 34.9 Å². The molecular formula is C12H15ClN2O. The zero-order chi connectivity index (χ0) is 11.6. The fourth-order valence-corrected chi connectivity index (χ4v) is 2.10. The van der Waals surface area contributed by atoms with Crippen LogP contribution in [0.5, 0.6) is 0 Å². The zero-order valence-corrected chi connectivity index (χ0v) is 9.76. The van der Waals surface area contributed by atoms with E-state index in [0.717, 1.165) is 18.4 Å². The number of nitrogens with two attached hydrogens (primary N) is 1. The highest BCUT2D eigenvalue weighted by Gasteiger charge is 2.51. The topological polar surface area (TPSA) is 55.1 Å².